The highest BCUT2D eigenvalue weighted by atomic mass is 16.5. The Morgan fingerprint density at radius 3 is 2.73 bits per heavy atom. The molecule has 2 rings (SSSR count). The number of nitrogens with one attached hydrogen (secondary N) is 1. The van der Waals surface area contributed by atoms with Gasteiger partial charge in [0.25, 0.3) is 0 Å². The summed E-state index contributed by atoms with van der Waals surface area (Å²) in [5, 5.41) is 3.46. The molecule has 1 aliphatic heterocycles. The summed E-state index contributed by atoms with van der Waals surface area (Å²) in [4.78, 5) is 0. The lowest BCUT2D eigenvalue weighted by Crippen LogP contribution is -2.13. The lowest BCUT2D eigenvalue weighted by Gasteiger charge is -2.10. The van der Waals surface area contributed by atoms with E-state index in [0.717, 1.165) is 26.2 Å². The summed E-state index contributed by atoms with van der Waals surface area (Å²) in [6.07, 6.45) is 2.30. The minimum Gasteiger partial charge on any atom is -0.385 e. The second-order valence-electron chi connectivity index (χ2n) is 4.16. The zero-order valence-electron chi connectivity index (χ0n) is 9.33. The molecule has 2 nitrogen and oxygen atoms in total. The smallest absolute Gasteiger partial charge is 0.0511 e. The molecule has 1 fully saturated rings. The van der Waals surface area contributed by atoms with Gasteiger partial charge in [0.1, 0.15) is 0 Å². The van der Waals surface area contributed by atoms with E-state index < -0.39 is 0 Å². The van der Waals surface area contributed by atoms with Crippen molar-refractivity contribution in [1.82, 2.24) is 0 Å². The molecule has 2 heteroatoms. The molecule has 1 saturated heterocycles. The van der Waals surface area contributed by atoms with Gasteiger partial charge in [0.15, 0.2) is 0 Å². The molecule has 1 unspecified atom stereocenters. The number of ether oxygens (including phenoxy) is 1. The number of rotatable bonds is 4. The molecule has 1 atom stereocenters. The normalized spacial score (nSPS) is 20.5. The van der Waals surface area contributed by atoms with Crippen molar-refractivity contribution in [3.8, 4) is 0 Å². The summed E-state index contributed by atoms with van der Waals surface area (Å²) in [5.41, 5.74) is 2.61. The maximum Gasteiger partial charge on any atom is 0.0511 e. The third-order valence-electron chi connectivity index (χ3n) is 2.98. The molecular formula is C13H19NO. The number of aryl methyl sites for hydroxylation is 1. The SMILES string of the molecule is CCc1ccc(NCC2CCOC2)cc1. The molecule has 1 heterocycles. The molecule has 0 spiro atoms. The average molecular weight is 205 g/mol. The third-order valence-corrected chi connectivity index (χ3v) is 2.98. The molecule has 0 amide bonds. The topological polar surface area (TPSA) is 21.3 Å². The van der Waals surface area contributed by atoms with Crippen LogP contribution >= 0.6 is 0 Å². The molecule has 1 aliphatic rings. The van der Waals surface area contributed by atoms with Crippen LogP contribution in [0.4, 0.5) is 5.69 Å². The minimum absolute atomic E-state index is 0.691. The van der Waals surface area contributed by atoms with Crippen LogP contribution in [-0.4, -0.2) is 19.8 Å². The summed E-state index contributed by atoms with van der Waals surface area (Å²) in [6, 6.07) is 8.70. The van der Waals surface area contributed by atoms with Crippen LogP contribution in [0.5, 0.6) is 0 Å². The van der Waals surface area contributed by atoms with Gasteiger partial charge in [0.2, 0.25) is 0 Å². The first-order chi connectivity index (χ1) is 7.38. The van der Waals surface area contributed by atoms with E-state index in [0.29, 0.717) is 5.92 Å². The minimum atomic E-state index is 0.691. The first kappa shape index (κ1) is 10.5. The van der Waals surface area contributed by atoms with Gasteiger partial charge in [0.05, 0.1) is 6.61 Å². The highest BCUT2D eigenvalue weighted by Gasteiger charge is 2.14. The van der Waals surface area contributed by atoms with Crippen molar-refractivity contribution in [3.05, 3.63) is 29.8 Å². The van der Waals surface area contributed by atoms with Gasteiger partial charge in [-0.2, -0.15) is 0 Å². The fourth-order valence-electron chi connectivity index (χ4n) is 1.86. The van der Waals surface area contributed by atoms with Gasteiger partial charge in [0, 0.05) is 24.8 Å². The number of hydrogen-bond donors (Lipinski definition) is 1. The predicted octanol–water partition coefficient (Wildman–Crippen LogP) is 2.70. The van der Waals surface area contributed by atoms with E-state index >= 15 is 0 Å². The van der Waals surface area contributed by atoms with Crippen LogP contribution < -0.4 is 5.32 Å². The zero-order valence-corrected chi connectivity index (χ0v) is 9.33. The van der Waals surface area contributed by atoms with Crippen molar-refractivity contribution in [2.75, 3.05) is 25.1 Å². The Bertz CT molecular complexity index is 288. The molecule has 0 aliphatic carbocycles. The van der Waals surface area contributed by atoms with E-state index in [2.05, 4.69) is 36.5 Å². The first-order valence-electron chi connectivity index (χ1n) is 5.79. The lowest BCUT2D eigenvalue weighted by molar-refractivity contribution is 0.187. The Morgan fingerprint density at radius 2 is 2.13 bits per heavy atom. The molecule has 1 N–H and O–H groups in total. The summed E-state index contributed by atoms with van der Waals surface area (Å²) in [7, 11) is 0. The van der Waals surface area contributed by atoms with Crippen molar-refractivity contribution in [3.63, 3.8) is 0 Å². The van der Waals surface area contributed by atoms with Crippen LogP contribution in [0, 0.1) is 5.92 Å². The lowest BCUT2D eigenvalue weighted by atomic mass is 10.1. The molecule has 1 aromatic rings. The summed E-state index contributed by atoms with van der Waals surface area (Å²) in [5.74, 6) is 0.691. The Hall–Kier alpha value is -1.02. The van der Waals surface area contributed by atoms with Gasteiger partial charge in [-0.25, -0.2) is 0 Å². The fraction of sp³-hybridized carbons (Fsp3) is 0.538. The maximum atomic E-state index is 5.34. The predicted molar refractivity (Wildman–Crippen MR) is 63.2 cm³/mol. The van der Waals surface area contributed by atoms with E-state index in [1.165, 1.54) is 17.7 Å². The molecule has 0 radical (unpaired) electrons. The van der Waals surface area contributed by atoms with Crippen molar-refractivity contribution < 1.29 is 4.74 Å². The van der Waals surface area contributed by atoms with Crippen molar-refractivity contribution in [2.45, 2.75) is 19.8 Å². The quantitative estimate of drug-likeness (QED) is 0.816. The van der Waals surface area contributed by atoms with Gasteiger partial charge in [-0.1, -0.05) is 19.1 Å². The highest BCUT2D eigenvalue weighted by molar-refractivity contribution is 5.44. The average Bonchev–Trinajstić information content (AvgIpc) is 2.80. The highest BCUT2D eigenvalue weighted by Crippen LogP contribution is 2.15. The molecule has 0 bridgehead atoms. The number of anilines is 1. The van der Waals surface area contributed by atoms with E-state index in [9.17, 15) is 0 Å². The standard InChI is InChI=1S/C13H19NO/c1-2-11-3-5-13(6-4-11)14-9-12-7-8-15-10-12/h3-6,12,14H,2,7-10H2,1H3. The summed E-state index contributed by atoms with van der Waals surface area (Å²) >= 11 is 0. The van der Waals surface area contributed by atoms with Crippen LogP contribution in [0.2, 0.25) is 0 Å². The molecule has 15 heavy (non-hydrogen) atoms. The second kappa shape index (κ2) is 5.17. The maximum absolute atomic E-state index is 5.34. The zero-order chi connectivity index (χ0) is 10.5. The van der Waals surface area contributed by atoms with E-state index in [-0.39, 0.29) is 0 Å². The largest absolute Gasteiger partial charge is 0.385 e. The molecule has 0 aromatic heterocycles. The molecule has 0 saturated carbocycles. The van der Waals surface area contributed by atoms with Crippen LogP contribution in [0.15, 0.2) is 24.3 Å². The van der Waals surface area contributed by atoms with Gasteiger partial charge >= 0.3 is 0 Å². The number of benzene rings is 1. The van der Waals surface area contributed by atoms with E-state index in [1.54, 1.807) is 0 Å². The van der Waals surface area contributed by atoms with Crippen molar-refractivity contribution in [1.29, 1.82) is 0 Å². The van der Waals surface area contributed by atoms with E-state index in [4.69, 9.17) is 4.74 Å². The van der Waals surface area contributed by atoms with Crippen LogP contribution in [-0.2, 0) is 11.2 Å². The number of hydrogen-bond acceptors (Lipinski definition) is 2. The van der Waals surface area contributed by atoms with Crippen LogP contribution in [0.1, 0.15) is 18.9 Å². The van der Waals surface area contributed by atoms with Crippen molar-refractivity contribution in [2.24, 2.45) is 5.92 Å². The van der Waals surface area contributed by atoms with E-state index in [1.807, 2.05) is 0 Å². The Kier molecular flexibility index (Phi) is 3.62. The molecule has 1 aromatic carbocycles. The van der Waals surface area contributed by atoms with Gasteiger partial charge < -0.3 is 10.1 Å². The van der Waals surface area contributed by atoms with Crippen LogP contribution in [0.25, 0.3) is 0 Å². The molecular weight excluding hydrogens is 186 g/mol. The second-order valence-corrected chi connectivity index (χ2v) is 4.16. The van der Waals surface area contributed by atoms with Gasteiger partial charge in [-0.05, 0) is 30.5 Å². The fourth-order valence-corrected chi connectivity index (χ4v) is 1.86. The first-order valence-corrected chi connectivity index (χ1v) is 5.79. The Labute approximate surface area is 91.6 Å². The monoisotopic (exact) mass is 205 g/mol. The Balaban J connectivity index is 1.82. The molecule has 82 valence electrons. The van der Waals surface area contributed by atoms with Gasteiger partial charge in [-0.3, -0.25) is 0 Å². The third kappa shape index (κ3) is 2.96. The summed E-state index contributed by atoms with van der Waals surface area (Å²) < 4.78 is 5.34. The summed E-state index contributed by atoms with van der Waals surface area (Å²) in [6.45, 7) is 5.06. The Morgan fingerprint density at radius 1 is 1.33 bits per heavy atom. The van der Waals surface area contributed by atoms with Crippen LogP contribution in [0.3, 0.4) is 0 Å². The van der Waals surface area contributed by atoms with Gasteiger partial charge in [-0.15, -0.1) is 0 Å². The van der Waals surface area contributed by atoms with Crippen molar-refractivity contribution >= 4 is 5.69 Å².